The van der Waals surface area contributed by atoms with Crippen LogP contribution in [0.2, 0.25) is 0 Å². The Morgan fingerprint density at radius 3 is 2.62 bits per heavy atom. The van der Waals surface area contributed by atoms with Gasteiger partial charge in [-0.05, 0) is 49.4 Å². The number of amides is 1. The van der Waals surface area contributed by atoms with Crippen LogP contribution in [-0.2, 0) is 0 Å². The number of carbonyl (C=O) groups is 1. The second kappa shape index (κ2) is 7.13. The molecule has 1 heterocycles. The first-order valence-corrected chi connectivity index (χ1v) is 8.44. The van der Waals surface area contributed by atoms with Crippen molar-refractivity contribution in [2.45, 2.75) is 45.1 Å². The summed E-state index contributed by atoms with van der Waals surface area (Å²) in [6, 6.07) is 7.09. The Balaban J connectivity index is 1.67. The number of nitrogens with zero attached hydrogens (tertiary/aromatic N) is 2. The third-order valence-corrected chi connectivity index (χ3v) is 4.34. The molecule has 1 aliphatic rings. The quantitative estimate of drug-likeness (QED) is 0.815. The van der Waals surface area contributed by atoms with E-state index in [4.69, 9.17) is 9.63 Å². The summed E-state index contributed by atoms with van der Waals surface area (Å²) in [6.07, 6.45) is 2.80. The van der Waals surface area contributed by atoms with Gasteiger partial charge in [0.05, 0.1) is 0 Å². The van der Waals surface area contributed by atoms with Crippen molar-refractivity contribution in [2.75, 3.05) is 6.61 Å². The van der Waals surface area contributed by atoms with E-state index in [0.717, 1.165) is 24.2 Å². The predicted molar refractivity (Wildman–Crippen MR) is 89.5 cm³/mol. The number of benzene rings is 1. The molecule has 1 aliphatic carbocycles. The predicted octanol–water partition coefficient (Wildman–Crippen LogP) is 2.75. The van der Waals surface area contributed by atoms with Gasteiger partial charge in [-0.1, -0.05) is 19.0 Å². The molecular weight excluding hydrogens is 306 g/mol. The standard InChI is InChI=1S/C18H23N3O3/c1-11(2)15(9-10-22)19-17(23)13-5-7-14(8-6-13)18-20-16(21-24-18)12-3-4-12/h5-8,11-12,15,22H,3-4,9-10H2,1-2H3,(H,19,23). The fraction of sp³-hybridized carbons (Fsp3) is 0.500. The van der Waals surface area contributed by atoms with Crippen molar-refractivity contribution >= 4 is 5.91 Å². The maximum Gasteiger partial charge on any atom is 0.257 e. The Morgan fingerprint density at radius 2 is 2.04 bits per heavy atom. The van der Waals surface area contributed by atoms with Crippen LogP contribution in [0.25, 0.3) is 11.5 Å². The van der Waals surface area contributed by atoms with Gasteiger partial charge in [0.25, 0.3) is 11.8 Å². The van der Waals surface area contributed by atoms with Gasteiger partial charge in [-0.2, -0.15) is 4.98 Å². The number of carbonyl (C=O) groups excluding carboxylic acids is 1. The fourth-order valence-electron chi connectivity index (χ4n) is 2.59. The Labute approximate surface area is 141 Å². The summed E-state index contributed by atoms with van der Waals surface area (Å²) in [4.78, 5) is 16.7. The molecule has 1 saturated carbocycles. The van der Waals surface area contributed by atoms with Crippen LogP contribution in [0.1, 0.15) is 55.2 Å². The van der Waals surface area contributed by atoms with Crippen molar-refractivity contribution in [1.29, 1.82) is 0 Å². The Kier molecular flexibility index (Phi) is 4.94. The minimum absolute atomic E-state index is 0.0424. The minimum Gasteiger partial charge on any atom is -0.396 e. The number of aliphatic hydroxyl groups excluding tert-OH is 1. The molecule has 6 nitrogen and oxygen atoms in total. The number of hydrogen-bond acceptors (Lipinski definition) is 5. The highest BCUT2D eigenvalue weighted by Gasteiger charge is 2.29. The smallest absolute Gasteiger partial charge is 0.257 e. The Bertz CT molecular complexity index is 690. The van der Waals surface area contributed by atoms with Gasteiger partial charge in [0, 0.05) is 29.7 Å². The molecule has 24 heavy (non-hydrogen) atoms. The van der Waals surface area contributed by atoms with Crippen molar-refractivity contribution in [3.05, 3.63) is 35.7 Å². The third kappa shape index (κ3) is 3.82. The lowest BCUT2D eigenvalue weighted by Crippen LogP contribution is -2.39. The molecule has 0 spiro atoms. The molecule has 1 unspecified atom stereocenters. The van der Waals surface area contributed by atoms with Crippen LogP contribution in [-0.4, -0.2) is 33.8 Å². The monoisotopic (exact) mass is 329 g/mol. The summed E-state index contributed by atoms with van der Waals surface area (Å²) in [5.41, 5.74) is 1.38. The normalized spacial score (nSPS) is 15.5. The lowest BCUT2D eigenvalue weighted by Gasteiger charge is -2.21. The molecule has 1 atom stereocenters. The lowest BCUT2D eigenvalue weighted by atomic mass is 10.0. The van der Waals surface area contributed by atoms with Crippen LogP contribution in [0, 0.1) is 5.92 Å². The molecule has 0 aliphatic heterocycles. The molecule has 0 bridgehead atoms. The van der Waals surface area contributed by atoms with E-state index < -0.39 is 0 Å². The van der Waals surface area contributed by atoms with Crippen molar-refractivity contribution in [3.63, 3.8) is 0 Å². The molecule has 1 aromatic heterocycles. The molecule has 6 heteroatoms. The van der Waals surface area contributed by atoms with Gasteiger partial charge < -0.3 is 14.9 Å². The van der Waals surface area contributed by atoms with E-state index in [1.165, 1.54) is 0 Å². The zero-order chi connectivity index (χ0) is 17.1. The Morgan fingerprint density at radius 1 is 1.33 bits per heavy atom. The molecule has 0 saturated heterocycles. The fourth-order valence-corrected chi connectivity index (χ4v) is 2.59. The summed E-state index contributed by atoms with van der Waals surface area (Å²) in [5.74, 6) is 1.84. The topological polar surface area (TPSA) is 88.2 Å². The minimum atomic E-state index is -0.141. The van der Waals surface area contributed by atoms with Gasteiger partial charge in [0.2, 0.25) is 0 Å². The van der Waals surface area contributed by atoms with E-state index in [2.05, 4.69) is 15.5 Å². The van der Waals surface area contributed by atoms with Crippen LogP contribution in [0.4, 0.5) is 0 Å². The van der Waals surface area contributed by atoms with E-state index in [1.54, 1.807) is 12.1 Å². The maximum atomic E-state index is 12.3. The second-order valence-electron chi connectivity index (χ2n) is 6.65. The molecule has 2 N–H and O–H groups in total. The molecule has 0 radical (unpaired) electrons. The SMILES string of the molecule is CC(C)C(CCO)NC(=O)c1ccc(-c2nc(C3CC3)no2)cc1. The Hall–Kier alpha value is -2.21. The largest absolute Gasteiger partial charge is 0.396 e. The van der Waals surface area contributed by atoms with E-state index in [1.807, 2.05) is 26.0 Å². The van der Waals surface area contributed by atoms with Crippen LogP contribution in [0.3, 0.4) is 0 Å². The number of aliphatic hydroxyl groups is 1. The van der Waals surface area contributed by atoms with Gasteiger partial charge in [-0.3, -0.25) is 4.79 Å². The van der Waals surface area contributed by atoms with Gasteiger partial charge in [0.15, 0.2) is 5.82 Å². The molecule has 1 fully saturated rings. The van der Waals surface area contributed by atoms with Crippen LogP contribution >= 0.6 is 0 Å². The number of nitrogens with one attached hydrogen (secondary N) is 1. The highest BCUT2D eigenvalue weighted by atomic mass is 16.5. The molecule has 2 aromatic rings. The van der Waals surface area contributed by atoms with Gasteiger partial charge in [0.1, 0.15) is 0 Å². The van der Waals surface area contributed by atoms with E-state index in [9.17, 15) is 4.79 Å². The van der Waals surface area contributed by atoms with Crippen LogP contribution < -0.4 is 5.32 Å². The first-order chi connectivity index (χ1) is 11.6. The number of hydrogen-bond donors (Lipinski definition) is 2. The lowest BCUT2D eigenvalue weighted by molar-refractivity contribution is 0.0916. The van der Waals surface area contributed by atoms with Crippen molar-refractivity contribution in [2.24, 2.45) is 5.92 Å². The zero-order valence-electron chi connectivity index (χ0n) is 14.0. The summed E-state index contributed by atoms with van der Waals surface area (Å²) in [5, 5.41) is 16.1. The molecule has 3 rings (SSSR count). The van der Waals surface area contributed by atoms with Crippen LogP contribution in [0.5, 0.6) is 0 Å². The van der Waals surface area contributed by atoms with E-state index in [0.29, 0.717) is 23.8 Å². The first-order valence-electron chi connectivity index (χ1n) is 8.44. The van der Waals surface area contributed by atoms with Gasteiger partial charge in [-0.15, -0.1) is 0 Å². The average molecular weight is 329 g/mol. The van der Waals surface area contributed by atoms with Gasteiger partial charge >= 0.3 is 0 Å². The van der Waals surface area contributed by atoms with E-state index >= 15 is 0 Å². The van der Waals surface area contributed by atoms with Crippen molar-refractivity contribution in [3.8, 4) is 11.5 Å². The maximum absolute atomic E-state index is 12.3. The number of rotatable bonds is 7. The summed E-state index contributed by atoms with van der Waals surface area (Å²) >= 11 is 0. The molecular formula is C18H23N3O3. The summed E-state index contributed by atoms with van der Waals surface area (Å²) in [7, 11) is 0. The molecule has 1 aromatic carbocycles. The number of aromatic nitrogens is 2. The molecule has 128 valence electrons. The third-order valence-electron chi connectivity index (χ3n) is 4.34. The zero-order valence-corrected chi connectivity index (χ0v) is 14.0. The van der Waals surface area contributed by atoms with Crippen molar-refractivity contribution < 1.29 is 14.4 Å². The summed E-state index contributed by atoms with van der Waals surface area (Å²) in [6.45, 7) is 4.11. The van der Waals surface area contributed by atoms with Gasteiger partial charge in [-0.25, -0.2) is 0 Å². The average Bonchev–Trinajstić information content (AvgIpc) is 3.31. The first kappa shape index (κ1) is 16.6. The van der Waals surface area contributed by atoms with Crippen molar-refractivity contribution in [1.82, 2.24) is 15.5 Å². The second-order valence-corrected chi connectivity index (χ2v) is 6.65. The van der Waals surface area contributed by atoms with Crippen LogP contribution in [0.15, 0.2) is 28.8 Å². The molecule has 1 amide bonds. The van der Waals surface area contributed by atoms with E-state index in [-0.39, 0.29) is 24.5 Å². The highest BCUT2D eigenvalue weighted by Crippen LogP contribution is 2.38. The highest BCUT2D eigenvalue weighted by molar-refractivity contribution is 5.94. The summed E-state index contributed by atoms with van der Waals surface area (Å²) < 4.78 is 5.29.